The van der Waals surface area contributed by atoms with Crippen LogP contribution in [0.5, 0.6) is 0 Å². The molecule has 0 aliphatic carbocycles. The Morgan fingerprint density at radius 2 is 1.65 bits per heavy atom. The van der Waals surface area contributed by atoms with Crippen LogP contribution in [0.25, 0.3) is 0 Å². The fourth-order valence-electron chi connectivity index (χ4n) is 2.83. The average molecular weight is 335 g/mol. The first-order valence-electron chi connectivity index (χ1n) is 7.31. The summed E-state index contributed by atoms with van der Waals surface area (Å²) >= 11 is 3.86. The minimum atomic E-state index is 0.205. The Morgan fingerprint density at radius 3 is 2.15 bits per heavy atom. The van der Waals surface area contributed by atoms with Crippen LogP contribution in [0.15, 0.2) is 22.6 Å². The van der Waals surface area contributed by atoms with Gasteiger partial charge in [0.05, 0.1) is 4.83 Å². The molecule has 0 radical (unpaired) electrons. The molecule has 0 saturated carbocycles. The fraction of sp³-hybridized carbons (Fsp3) is 0.444. The predicted molar refractivity (Wildman–Crippen MR) is 88.9 cm³/mol. The van der Waals surface area contributed by atoms with E-state index in [-0.39, 0.29) is 4.83 Å². The summed E-state index contributed by atoms with van der Waals surface area (Å²) in [4.78, 5) is 0.205. The van der Waals surface area contributed by atoms with Gasteiger partial charge >= 0.3 is 0 Å². The van der Waals surface area contributed by atoms with Crippen LogP contribution in [0, 0.1) is 20.8 Å². The van der Waals surface area contributed by atoms with Gasteiger partial charge in [-0.25, -0.2) is 0 Å². The quantitative estimate of drug-likeness (QED) is 0.642. The zero-order valence-corrected chi connectivity index (χ0v) is 14.6. The van der Waals surface area contributed by atoms with E-state index in [2.05, 4.69) is 54.9 Å². The molecule has 2 heteroatoms. The highest BCUT2D eigenvalue weighted by Crippen LogP contribution is 2.38. The van der Waals surface area contributed by atoms with Crippen molar-refractivity contribution in [1.82, 2.24) is 0 Å². The van der Waals surface area contributed by atoms with Gasteiger partial charge in [-0.1, -0.05) is 48.0 Å². The molecular formula is C18H23BrO. The van der Waals surface area contributed by atoms with Gasteiger partial charge in [0.1, 0.15) is 11.5 Å². The Morgan fingerprint density at radius 1 is 1.00 bits per heavy atom. The molecule has 0 aliphatic heterocycles. The lowest BCUT2D eigenvalue weighted by molar-refractivity contribution is 0.500. The van der Waals surface area contributed by atoms with Crippen LogP contribution in [0.1, 0.15) is 58.0 Å². The van der Waals surface area contributed by atoms with Crippen LogP contribution < -0.4 is 0 Å². The van der Waals surface area contributed by atoms with E-state index in [1.54, 1.807) is 0 Å². The van der Waals surface area contributed by atoms with Gasteiger partial charge in [-0.3, -0.25) is 0 Å². The standard InChI is InChI=1S/C18H23BrO/c1-6-14-8-9-16(10-15(14)7-2)18(19)17-11(3)12(4)20-13(17)5/h8-10,18H,6-7H2,1-5H3. The van der Waals surface area contributed by atoms with Crippen LogP contribution in [-0.4, -0.2) is 0 Å². The average Bonchev–Trinajstić information content (AvgIpc) is 2.70. The lowest BCUT2D eigenvalue weighted by atomic mass is 9.95. The summed E-state index contributed by atoms with van der Waals surface area (Å²) in [6.07, 6.45) is 2.18. The Kier molecular flexibility index (Phi) is 4.74. The van der Waals surface area contributed by atoms with Crippen molar-refractivity contribution in [1.29, 1.82) is 0 Å². The number of benzene rings is 1. The van der Waals surface area contributed by atoms with Crippen molar-refractivity contribution >= 4 is 15.9 Å². The number of hydrogen-bond acceptors (Lipinski definition) is 1. The molecule has 2 aromatic rings. The van der Waals surface area contributed by atoms with Crippen LogP contribution in [-0.2, 0) is 12.8 Å². The third-order valence-corrected chi connectivity index (χ3v) is 5.14. The summed E-state index contributed by atoms with van der Waals surface area (Å²) < 4.78 is 5.76. The molecule has 1 unspecified atom stereocenters. The first kappa shape index (κ1) is 15.4. The Bertz CT molecular complexity index is 610. The van der Waals surface area contributed by atoms with Gasteiger partial charge < -0.3 is 4.42 Å². The molecule has 20 heavy (non-hydrogen) atoms. The van der Waals surface area contributed by atoms with Crippen LogP contribution >= 0.6 is 15.9 Å². The van der Waals surface area contributed by atoms with Gasteiger partial charge in [-0.2, -0.15) is 0 Å². The summed E-state index contributed by atoms with van der Waals surface area (Å²) in [5, 5.41) is 0. The van der Waals surface area contributed by atoms with Gasteiger partial charge in [0.2, 0.25) is 0 Å². The van der Waals surface area contributed by atoms with Gasteiger partial charge in [-0.05, 0) is 55.9 Å². The second-order valence-electron chi connectivity index (χ2n) is 5.35. The molecule has 0 spiro atoms. The van der Waals surface area contributed by atoms with E-state index in [9.17, 15) is 0 Å². The number of rotatable bonds is 4. The minimum absolute atomic E-state index is 0.205. The molecule has 0 fully saturated rings. The molecule has 1 aromatic carbocycles. The minimum Gasteiger partial charge on any atom is -0.466 e. The van der Waals surface area contributed by atoms with Crippen LogP contribution in [0.4, 0.5) is 0 Å². The summed E-state index contributed by atoms with van der Waals surface area (Å²) in [6.45, 7) is 10.7. The van der Waals surface area contributed by atoms with Crippen molar-refractivity contribution in [2.45, 2.75) is 52.3 Å². The van der Waals surface area contributed by atoms with Crippen molar-refractivity contribution in [3.63, 3.8) is 0 Å². The maximum Gasteiger partial charge on any atom is 0.106 e. The molecule has 1 heterocycles. The number of alkyl halides is 1. The highest BCUT2D eigenvalue weighted by atomic mass is 79.9. The van der Waals surface area contributed by atoms with Crippen molar-refractivity contribution in [3.05, 3.63) is 57.5 Å². The summed E-state index contributed by atoms with van der Waals surface area (Å²) in [5.74, 6) is 2.03. The molecule has 1 aromatic heterocycles. The first-order valence-corrected chi connectivity index (χ1v) is 8.23. The summed E-state index contributed by atoms with van der Waals surface area (Å²) in [5.41, 5.74) is 6.74. The first-order chi connectivity index (χ1) is 9.49. The number of hydrogen-bond donors (Lipinski definition) is 0. The number of furan rings is 1. The Balaban J connectivity index is 2.45. The monoisotopic (exact) mass is 334 g/mol. The molecule has 2 rings (SSSR count). The molecule has 0 aliphatic rings. The molecule has 0 saturated heterocycles. The SMILES string of the molecule is CCc1ccc(C(Br)c2c(C)oc(C)c2C)cc1CC. The van der Waals surface area contributed by atoms with Crippen LogP contribution in [0.2, 0.25) is 0 Å². The van der Waals surface area contributed by atoms with E-state index in [1.165, 1.54) is 27.8 Å². The van der Waals surface area contributed by atoms with Gasteiger partial charge in [0, 0.05) is 5.56 Å². The van der Waals surface area contributed by atoms with Gasteiger partial charge in [0.25, 0.3) is 0 Å². The predicted octanol–water partition coefficient (Wildman–Crippen LogP) is 5.81. The van der Waals surface area contributed by atoms with Crippen molar-refractivity contribution < 1.29 is 4.42 Å². The maximum atomic E-state index is 5.76. The van der Waals surface area contributed by atoms with E-state index in [0.717, 1.165) is 24.4 Å². The smallest absolute Gasteiger partial charge is 0.106 e. The lowest BCUT2D eigenvalue weighted by Gasteiger charge is -2.14. The topological polar surface area (TPSA) is 13.1 Å². The van der Waals surface area contributed by atoms with Gasteiger partial charge in [0.15, 0.2) is 0 Å². The van der Waals surface area contributed by atoms with E-state index in [1.807, 2.05) is 13.8 Å². The third kappa shape index (κ3) is 2.71. The summed E-state index contributed by atoms with van der Waals surface area (Å²) in [6, 6.07) is 6.83. The molecular weight excluding hydrogens is 312 g/mol. The normalized spacial score (nSPS) is 12.7. The zero-order chi connectivity index (χ0) is 14.9. The number of aryl methyl sites for hydroxylation is 4. The second kappa shape index (κ2) is 6.17. The maximum absolute atomic E-state index is 5.76. The van der Waals surface area contributed by atoms with E-state index in [4.69, 9.17) is 4.42 Å². The highest BCUT2D eigenvalue weighted by Gasteiger charge is 2.20. The van der Waals surface area contributed by atoms with Crippen molar-refractivity contribution in [3.8, 4) is 0 Å². The highest BCUT2D eigenvalue weighted by molar-refractivity contribution is 9.09. The zero-order valence-electron chi connectivity index (χ0n) is 13.0. The van der Waals surface area contributed by atoms with Gasteiger partial charge in [-0.15, -0.1) is 0 Å². The molecule has 1 atom stereocenters. The largest absolute Gasteiger partial charge is 0.466 e. The molecule has 1 nitrogen and oxygen atoms in total. The lowest BCUT2D eigenvalue weighted by Crippen LogP contribution is -1.99. The molecule has 0 amide bonds. The Hall–Kier alpha value is -1.02. The Labute approximate surface area is 130 Å². The molecule has 0 bridgehead atoms. The van der Waals surface area contributed by atoms with E-state index < -0.39 is 0 Å². The second-order valence-corrected chi connectivity index (χ2v) is 6.27. The third-order valence-electron chi connectivity index (χ3n) is 4.16. The van der Waals surface area contributed by atoms with Crippen LogP contribution in [0.3, 0.4) is 0 Å². The van der Waals surface area contributed by atoms with Crippen molar-refractivity contribution in [2.75, 3.05) is 0 Å². The fourth-order valence-corrected chi connectivity index (χ4v) is 3.78. The number of halogens is 1. The molecule has 0 N–H and O–H groups in total. The molecule has 108 valence electrons. The van der Waals surface area contributed by atoms with E-state index >= 15 is 0 Å². The van der Waals surface area contributed by atoms with Crippen molar-refractivity contribution in [2.24, 2.45) is 0 Å². The van der Waals surface area contributed by atoms with E-state index in [0.29, 0.717) is 0 Å². The summed E-state index contributed by atoms with van der Waals surface area (Å²) in [7, 11) is 0.